The Hall–Kier alpha value is -1.36. The standard InChI is InChI=1S/C14H24N4O/c1-4-15-12-11(10(2)3)13(17-9-16-12)18-14(8-19)6-5-7-14/h9-10,19H,4-8H2,1-3H3,(H2,15,16,17,18). The summed E-state index contributed by atoms with van der Waals surface area (Å²) in [7, 11) is 0. The predicted octanol–water partition coefficient (Wildman–Crippen LogP) is 2.36. The van der Waals surface area contributed by atoms with E-state index in [1.807, 2.05) is 0 Å². The SMILES string of the molecule is CCNc1ncnc(NC2(CO)CCC2)c1C(C)C. The molecule has 0 aromatic carbocycles. The van der Waals surface area contributed by atoms with Gasteiger partial charge in [0, 0.05) is 12.1 Å². The van der Waals surface area contributed by atoms with Gasteiger partial charge < -0.3 is 15.7 Å². The summed E-state index contributed by atoms with van der Waals surface area (Å²) in [6, 6.07) is 0. The summed E-state index contributed by atoms with van der Waals surface area (Å²) < 4.78 is 0. The topological polar surface area (TPSA) is 70.1 Å². The molecule has 5 nitrogen and oxygen atoms in total. The second-order valence-electron chi connectivity index (χ2n) is 5.59. The van der Waals surface area contributed by atoms with Crippen molar-refractivity contribution in [3.05, 3.63) is 11.9 Å². The summed E-state index contributed by atoms with van der Waals surface area (Å²) in [5, 5.41) is 16.3. The molecule has 2 rings (SSSR count). The van der Waals surface area contributed by atoms with Crippen LogP contribution in [-0.2, 0) is 0 Å². The molecule has 1 aliphatic rings. The summed E-state index contributed by atoms with van der Waals surface area (Å²) in [5.41, 5.74) is 0.922. The number of hydrogen-bond donors (Lipinski definition) is 3. The van der Waals surface area contributed by atoms with Gasteiger partial charge in [0.2, 0.25) is 0 Å². The van der Waals surface area contributed by atoms with Crippen molar-refractivity contribution in [3.63, 3.8) is 0 Å². The Morgan fingerprint density at radius 3 is 2.47 bits per heavy atom. The van der Waals surface area contributed by atoms with Crippen LogP contribution in [0.1, 0.15) is 51.5 Å². The summed E-state index contributed by atoms with van der Waals surface area (Å²) in [6.45, 7) is 7.32. The maximum absolute atomic E-state index is 9.58. The van der Waals surface area contributed by atoms with Crippen LogP contribution in [0.5, 0.6) is 0 Å². The normalized spacial score (nSPS) is 17.1. The van der Waals surface area contributed by atoms with Crippen LogP contribution >= 0.6 is 0 Å². The van der Waals surface area contributed by atoms with Gasteiger partial charge in [-0.15, -0.1) is 0 Å². The van der Waals surface area contributed by atoms with Gasteiger partial charge in [0.15, 0.2) is 0 Å². The highest BCUT2D eigenvalue weighted by atomic mass is 16.3. The summed E-state index contributed by atoms with van der Waals surface area (Å²) in [5.74, 6) is 2.07. The van der Waals surface area contributed by atoms with Crippen LogP contribution in [0, 0.1) is 0 Å². The smallest absolute Gasteiger partial charge is 0.135 e. The van der Waals surface area contributed by atoms with Crippen LogP contribution in [0.3, 0.4) is 0 Å². The zero-order valence-corrected chi connectivity index (χ0v) is 12.0. The van der Waals surface area contributed by atoms with Crippen molar-refractivity contribution in [1.29, 1.82) is 0 Å². The Balaban J connectivity index is 2.30. The Bertz CT molecular complexity index is 424. The third-order valence-electron chi connectivity index (χ3n) is 3.80. The first-order valence-electron chi connectivity index (χ1n) is 7.09. The fourth-order valence-electron chi connectivity index (χ4n) is 2.53. The molecular formula is C14H24N4O. The number of anilines is 2. The third-order valence-corrected chi connectivity index (χ3v) is 3.80. The lowest BCUT2D eigenvalue weighted by Crippen LogP contribution is -2.48. The second kappa shape index (κ2) is 5.74. The largest absolute Gasteiger partial charge is 0.394 e. The average Bonchev–Trinajstić information content (AvgIpc) is 2.34. The van der Waals surface area contributed by atoms with Crippen molar-refractivity contribution in [2.24, 2.45) is 0 Å². The Morgan fingerprint density at radius 1 is 1.32 bits per heavy atom. The molecule has 0 saturated heterocycles. The molecule has 1 saturated carbocycles. The number of aliphatic hydroxyl groups is 1. The number of aliphatic hydroxyl groups excluding tert-OH is 1. The minimum Gasteiger partial charge on any atom is -0.394 e. The van der Waals surface area contributed by atoms with E-state index in [1.165, 1.54) is 0 Å². The van der Waals surface area contributed by atoms with Gasteiger partial charge in [-0.2, -0.15) is 0 Å². The summed E-state index contributed by atoms with van der Waals surface area (Å²) in [4.78, 5) is 8.71. The molecule has 1 heterocycles. The lowest BCUT2D eigenvalue weighted by molar-refractivity contribution is 0.143. The molecule has 0 spiro atoms. The van der Waals surface area contributed by atoms with E-state index in [0.717, 1.165) is 43.0 Å². The van der Waals surface area contributed by atoms with Gasteiger partial charge >= 0.3 is 0 Å². The van der Waals surface area contributed by atoms with Crippen molar-refractivity contribution in [2.75, 3.05) is 23.8 Å². The highest BCUT2D eigenvalue weighted by molar-refractivity contribution is 5.60. The van der Waals surface area contributed by atoms with Gasteiger partial charge in [0.1, 0.15) is 18.0 Å². The van der Waals surface area contributed by atoms with Crippen molar-refractivity contribution in [1.82, 2.24) is 9.97 Å². The van der Waals surface area contributed by atoms with Gasteiger partial charge in [-0.1, -0.05) is 13.8 Å². The molecule has 0 radical (unpaired) electrons. The number of rotatable bonds is 6. The fourth-order valence-corrected chi connectivity index (χ4v) is 2.53. The van der Waals surface area contributed by atoms with Gasteiger partial charge in [-0.25, -0.2) is 9.97 Å². The van der Waals surface area contributed by atoms with Crippen molar-refractivity contribution in [2.45, 2.75) is 51.5 Å². The predicted molar refractivity (Wildman–Crippen MR) is 77.6 cm³/mol. The zero-order chi connectivity index (χ0) is 13.9. The number of nitrogens with one attached hydrogen (secondary N) is 2. The van der Waals surface area contributed by atoms with Crippen molar-refractivity contribution >= 4 is 11.6 Å². The first-order chi connectivity index (χ1) is 9.12. The first kappa shape index (κ1) is 14.1. The summed E-state index contributed by atoms with van der Waals surface area (Å²) >= 11 is 0. The van der Waals surface area contributed by atoms with Crippen LogP contribution in [0.2, 0.25) is 0 Å². The quantitative estimate of drug-likeness (QED) is 0.736. The minimum absolute atomic E-state index is 0.158. The first-order valence-corrected chi connectivity index (χ1v) is 7.09. The monoisotopic (exact) mass is 264 g/mol. The fraction of sp³-hybridized carbons (Fsp3) is 0.714. The molecule has 0 amide bonds. The van der Waals surface area contributed by atoms with E-state index >= 15 is 0 Å². The van der Waals surface area contributed by atoms with E-state index in [9.17, 15) is 5.11 Å². The summed E-state index contributed by atoms with van der Waals surface area (Å²) in [6.07, 6.45) is 4.74. The van der Waals surface area contributed by atoms with Crippen LogP contribution < -0.4 is 10.6 Å². The third kappa shape index (κ3) is 2.81. The zero-order valence-electron chi connectivity index (χ0n) is 12.0. The van der Waals surface area contributed by atoms with Crippen LogP contribution in [0.4, 0.5) is 11.6 Å². The van der Waals surface area contributed by atoms with E-state index in [2.05, 4.69) is 41.4 Å². The molecule has 0 bridgehead atoms. The maximum atomic E-state index is 9.58. The highest BCUT2D eigenvalue weighted by Gasteiger charge is 2.37. The Kier molecular flexibility index (Phi) is 4.24. The van der Waals surface area contributed by atoms with Crippen LogP contribution in [0.25, 0.3) is 0 Å². The number of aromatic nitrogens is 2. The number of hydrogen-bond acceptors (Lipinski definition) is 5. The van der Waals surface area contributed by atoms with Crippen molar-refractivity contribution in [3.8, 4) is 0 Å². The molecule has 1 aromatic rings. The molecule has 106 valence electrons. The number of nitrogens with zero attached hydrogens (tertiary/aromatic N) is 2. The van der Waals surface area contributed by atoms with Gasteiger partial charge in [-0.05, 0) is 32.1 Å². The highest BCUT2D eigenvalue weighted by Crippen LogP contribution is 2.37. The molecule has 1 aliphatic carbocycles. The molecule has 1 fully saturated rings. The Labute approximate surface area is 114 Å². The van der Waals surface area contributed by atoms with E-state index in [-0.39, 0.29) is 12.1 Å². The second-order valence-corrected chi connectivity index (χ2v) is 5.59. The van der Waals surface area contributed by atoms with Crippen molar-refractivity contribution < 1.29 is 5.11 Å². The lowest BCUT2D eigenvalue weighted by atomic mass is 9.77. The lowest BCUT2D eigenvalue weighted by Gasteiger charge is -2.42. The van der Waals surface area contributed by atoms with Gasteiger partial charge in [0.05, 0.1) is 12.1 Å². The van der Waals surface area contributed by atoms with E-state index < -0.39 is 0 Å². The molecule has 0 unspecified atom stereocenters. The van der Waals surface area contributed by atoms with E-state index in [4.69, 9.17) is 0 Å². The average molecular weight is 264 g/mol. The molecule has 0 atom stereocenters. The van der Waals surface area contributed by atoms with Gasteiger partial charge in [0.25, 0.3) is 0 Å². The van der Waals surface area contributed by atoms with E-state index in [1.54, 1.807) is 6.33 Å². The Morgan fingerprint density at radius 2 is 2.00 bits per heavy atom. The van der Waals surface area contributed by atoms with Crippen LogP contribution in [-0.4, -0.2) is 33.8 Å². The molecule has 1 aromatic heterocycles. The molecular weight excluding hydrogens is 240 g/mol. The molecule has 5 heteroatoms. The minimum atomic E-state index is -0.179. The van der Waals surface area contributed by atoms with Gasteiger partial charge in [-0.3, -0.25) is 0 Å². The molecule has 19 heavy (non-hydrogen) atoms. The van der Waals surface area contributed by atoms with Crippen LogP contribution in [0.15, 0.2) is 6.33 Å². The van der Waals surface area contributed by atoms with E-state index in [0.29, 0.717) is 5.92 Å². The molecule has 3 N–H and O–H groups in total. The maximum Gasteiger partial charge on any atom is 0.135 e. The molecule has 0 aliphatic heterocycles.